The van der Waals surface area contributed by atoms with Gasteiger partial charge in [-0.2, -0.15) is 0 Å². The molecular weight excluding hydrogens is 253 g/mol. The van der Waals surface area contributed by atoms with Crippen LogP contribution in [0.4, 0.5) is 0 Å². The average Bonchev–Trinajstić information content (AvgIpc) is 2.60. The topological polar surface area (TPSA) is 53.7 Å². The zero-order valence-corrected chi connectivity index (χ0v) is 12.8. The predicted molar refractivity (Wildman–Crippen MR) is 81.3 cm³/mol. The Hall–Kier alpha value is -1.04. The molecule has 0 atom stereocenters. The van der Waals surface area contributed by atoms with E-state index in [1.54, 1.807) is 0 Å². The molecule has 20 heavy (non-hydrogen) atoms. The van der Waals surface area contributed by atoms with E-state index in [0.717, 1.165) is 17.6 Å². The fourth-order valence-electron chi connectivity index (χ4n) is 1.97. The highest BCUT2D eigenvalue weighted by atomic mass is 16.7. The van der Waals surface area contributed by atoms with Crippen LogP contribution >= 0.6 is 0 Å². The Labute approximate surface area is 121 Å². The largest absolute Gasteiger partial charge is 0.494 e. The van der Waals surface area contributed by atoms with E-state index in [-0.39, 0.29) is 18.3 Å². The van der Waals surface area contributed by atoms with Crippen molar-refractivity contribution in [3.63, 3.8) is 0 Å². The summed E-state index contributed by atoms with van der Waals surface area (Å²) < 4.78 is 17.6. The first-order valence-corrected chi connectivity index (χ1v) is 7.14. The van der Waals surface area contributed by atoms with Gasteiger partial charge in [-0.05, 0) is 58.3 Å². The molecule has 0 aromatic heterocycles. The standard InChI is InChI=1S/C15H24BNO3/c1-14(2)15(3,4)20-16(19-14)12-6-8-13(9-7-12)18-11-5-10-17/h6-9H,5,10-11,17H2,1-4H3. The van der Waals surface area contributed by atoms with Crippen molar-refractivity contribution in [2.75, 3.05) is 13.2 Å². The minimum Gasteiger partial charge on any atom is -0.494 e. The Kier molecular flexibility index (Phi) is 4.42. The van der Waals surface area contributed by atoms with Crippen LogP contribution in [0.3, 0.4) is 0 Å². The van der Waals surface area contributed by atoms with Crippen LogP contribution < -0.4 is 15.9 Å². The molecule has 1 aliphatic rings. The highest BCUT2D eigenvalue weighted by molar-refractivity contribution is 6.62. The summed E-state index contributed by atoms with van der Waals surface area (Å²) in [4.78, 5) is 0. The lowest BCUT2D eigenvalue weighted by Crippen LogP contribution is -2.41. The van der Waals surface area contributed by atoms with Gasteiger partial charge in [-0.15, -0.1) is 0 Å². The highest BCUT2D eigenvalue weighted by Gasteiger charge is 2.51. The van der Waals surface area contributed by atoms with Crippen molar-refractivity contribution in [2.24, 2.45) is 5.73 Å². The Bertz CT molecular complexity index is 429. The van der Waals surface area contributed by atoms with Gasteiger partial charge in [-0.3, -0.25) is 0 Å². The molecule has 4 nitrogen and oxygen atoms in total. The van der Waals surface area contributed by atoms with E-state index in [2.05, 4.69) is 27.7 Å². The molecule has 0 bridgehead atoms. The highest BCUT2D eigenvalue weighted by Crippen LogP contribution is 2.36. The van der Waals surface area contributed by atoms with Gasteiger partial charge in [-0.25, -0.2) is 0 Å². The molecule has 1 aliphatic heterocycles. The van der Waals surface area contributed by atoms with E-state index in [9.17, 15) is 0 Å². The molecule has 1 saturated heterocycles. The van der Waals surface area contributed by atoms with Gasteiger partial charge in [0, 0.05) is 0 Å². The van der Waals surface area contributed by atoms with Gasteiger partial charge in [0.15, 0.2) is 0 Å². The Morgan fingerprint density at radius 2 is 1.60 bits per heavy atom. The molecule has 0 radical (unpaired) electrons. The number of hydrogen-bond donors (Lipinski definition) is 1. The molecule has 1 fully saturated rings. The van der Waals surface area contributed by atoms with Crippen molar-refractivity contribution in [1.82, 2.24) is 0 Å². The van der Waals surface area contributed by atoms with E-state index < -0.39 is 0 Å². The van der Waals surface area contributed by atoms with Gasteiger partial charge in [0.1, 0.15) is 5.75 Å². The van der Waals surface area contributed by atoms with E-state index >= 15 is 0 Å². The van der Waals surface area contributed by atoms with E-state index in [4.69, 9.17) is 19.8 Å². The van der Waals surface area contributed by atoms with Gasteiger partial charge in [0.05, 0.1) is 17.8 Å². The zero-order chi connectivity index (χ0) is 14.8. The van der Waals surface area contributed by atoms with E-state index in [0.29, 0.717) is 13.2 Å². The Morgan fingerprint density at radius 3 is 2.10 bits per heavy atom. The van der Waals surface area contributed by atoms with E-state index in [1.807, 2.05) is 24.3 Å². The average molecular weight is 277 g/mol. The third kappa shape index (κ3) is 3.16. The summed E-state index contributed by atoms with van der Waals surface area (Å²) in [6.07, 6.45) is 0.860. The van der Waals surface area contributed by atoms with Crippen molar-refractivity contribution in [1.29, 1.82) is 0 Å². The third-order valence-corrected chi connectivity index (χ3v) is 4.02. The summed E-state index contributed by atoms with van der Waals surface area (Å²) in [5.41, 5.74) is 5.82. The van der Waals surface area contributed by atoms with Crippen LogP contribution in [0, 0.1) is 0 Å². The molecule has 0 aliphatic carbocycles. The van der Waals surface area contributed by atoms with Crippen LogP contribution in [0.1, 0.15) is 34.1 Å². The monoisotopic (exact) mass is 277 g/mol. The fraction of sp³-hybridized carbons (Fsp3) is 0.600. The summed E-state index contributed by atoms with van der Waals surface area (Å²) in [5.74, 6) is 0.846. The first-order chi connectivity index (χ1) is 9.36. The van der Waals surface area contributed by atoms with Gasteiger partial charge in [0.25, 0.3) is 0 Å². The summed E-state index contributed by atoms with van der Waals surface area (Å²) >= 11 is 0. The molecule has 1 aromatic rings. The number of rotatable bonds is 5. The molecule has 5 heteroatoms. The van der Waals surface area contributed by atoms with Crippen molar-refractivity contribution < 1.29 is 14.0 Å². The fourth-order valence-corrected chi connectivity index (χ4v) is 1.97. The lowest BCUT2D eigenvalue weighted by molar-refractivity contribution is 0.00578. The van der Waals surface area contributed by atoms with Crippen LogP contribution in [0.5, 0.6) is 5.75 Å². The maximum Gasteiger partial charge on any atom is 0.494 e. The smallest absolute Gasteiger partial charge is 0.494 e. The van der Waals surface area contributed by atoms with Crippen molar-refractivity contribution in [3.05, 3.63) is 24.3 Å². The summed E-state index contributed by atoms with van der Waals surface area (Å²) in [5, 5.41) is 0. The summed E-state index contributed by atoms with van der Waals surface area (Å²) in [7, 11) is -0.321. The summed E-state index contributed by atoms with van der Waals surface area (Å²) in [6, 6.07) is 7.85. The van der Waals surface area contributed by atoms with Gasteiger partial charge < -0.3 is 19.8 Å². The van der Waals surface area contributed by atoms with Gasteiger partial charge in [0.2, 0.25) is 0 Å². The molecule has 110 valence electrons. The quantitative estimate of drug-likeness (QED) is 0.657. The molecule has 2 rings (SSSR count). The number of hydrogen-bond acceptors (Lipinski definition) is 4. The first kappa shape index (κ1) is 15.4. The molecule has 2 N–H and O–H groups in total. The third-order valence-electron chi connectivity index (χ3n) is 4.02. The molecule has 0 unspecified atom stereocenters. The molecular formula is C15H24BNO3. The van der Waals surface area contributed by atoms with Crippen LogP contribution in [0.15, 0.2) is 24.3 Å². The molecule has 0 spiro atoms. The Balaban J connectivity index is 2.01. The van der Waals surface area contributed by atoms with E-state index in [1.165, 1.54) is 0 Å². The van der Waals surface area contributed by atoms with Crippen molar-refractivity contribution >= 4 is 12.6 Å². The molecule has 1 aromatic carbocycles. The Morgan fingerprint density at radius 1 is 1.05 bits per heavy atom. The minimum atomic E-state index is -0.321. The normalized spacial score (nSPS) is 20.1. The second kappa shape index (κ2) is 5.76. The maximum atomic E-state index is 6.01. The first-order valence-electron chi connectivity index (χ1n) is 7.14. The van der Waals surface area contributed by atoms with Crippen LogP contribution in [-0.4, -0.2) is 31.5 Å². The van der Waals surface area contributed by atoms with Crippen molar-refractivity contribution in [3.8, 4) is 5.75 Å². The van der Waals surface area contributed by atoms with Crippen molar-refractivity contribution in [2.45, 2.75) is 45.3 Å². The SMILES string of the molecule is CC1(C)OB(c2ccc(OCCCN)cc2)OC1(C)C. The molecule has 0 amide bonds. The molecule has 0 saturated carbocycles. The van der Waals surface area contributed by atoms with Gasteiger partial charge in [-0.1, -0.05) is 12.1 Å². The van der Waals surface area contributed by atoms with Crippen LogP contribution in [-0.2, 0) is 9.31 Å². The summed E-state index contributed by atoms with van der Waals surface area (Å²) in [6.45, 7) is 9.50. The van der Waals surface area contributed by atoms with Gasteiger partial charge >= 0.3 is 7.12 Å². The number of benzene rings is 1. The second-order valence-electron chi connectivity index (χ2n) is 6.15. The number of nitrogens with two attached hydrogens (primary N) is 1. The maximum absolute atomic E-state index is 6.01. The zero-order valence-electron chi connectivity index (χ0n) is 12.8. The predicted octanol–water partition coefficient (Wildman–Crippen LogP) is 1.71. The second-order valence-corrected chi connectivity index (χ2v) is 6.15. The molecule has 1 heterocycles. The lowest BCUT2D eigenvalue weighted by Gasteiger charge is -2.32. The minimum absolute atomic E-state index is 0.312. The van der Waals surface area contributed by atoms with Crippen LogP contribution in [0.2, 0.25) is 0 Å². The lowest BCUT2D eigenvalue weighted by atomic mass is 9.79. The number of ether oxygens (including phenoxy) is 1. The van der Waals surface area contributed by atoms with Crippen LogP contribution in [0.25, 0.3) is 0 Å².